The summed E-state index contributed by atoms with van der Waals surface area (Å²) in [6.45, 7) is 0. The number of carbonyl (C=O) groups excluding carboxylic acids is 1. The number of non-ortho nitro benzene ring substituents is 1. The van der Waals surface area contributed by atoms with E-state index in [1.54, 1.807) is 24.3 Å². The molecule has 0 bridgehead atoms. The molecule has 3 rings (SSSR count). The van der Waals surface area contributed by atoms with Gasteiger partial charge in [-0.05, 0) is 54.6 Å². The number of rotatable bonds is 6. The van der Waals surface area contributed by atoms with Crippen LogP contribution in [0.25, 0.3) is 0 Å². The molecule has 0 aliphatic heterocycles. The molecule has 3 aromatic carbocycles. The van der Waals surface area contributed by atoms with Crippen LogP contribution in [0.5, 0.6) is 5.75 Å². The van der Waals surface area contributed by atoms with Gasteiger partial charge in [0.25, 0.3) is 11.6 Å². The molecule has 0 heterocycles. The van der Waals surface area contributed by atoms with Crippen molar-refractivity contribution >= 4 is 27.4 Å². The Morgan fingerprint density at radius 3 is 2.30 bits per heavy atom. The normalized spacial score (nSPS) is 10.6. The summed E-state index contributed by atoms with van der Waals surface area (Å²) in [4.78, 5) is 22.0. The molecule has 30 heavy (non-hydrogen) atoms. The van der Waals surface area contributed by atoms with Gasteiger partial charge in [-0.15, -0.1) is 0 Å². The topological polar surface area (TPSA) is 139 Å². The molecule has 3 aromatic rings. The molecule has 1 N–H and O–H groups in total. The van der Waals surface area contributed by atoms with Gasteiger partial charge in [-0.1, -0.05) is 6.07 Å². The van der Waals surface area contributed by atoms with Crippen molar-refractivity contribution in [3.05, 3.63) is 94.0 Å². The molecule has 0 aliphatic rings. The lowest BCUT2D eigenvalue weighted by molar-refractivity contribution is -0.385. The minimum Gasteiger partial charge on any atom is -0.379 e. The Balaban J connectivity index is 1.72. The standard InChI is InChI=1S/C20H13N3O6S/c21-13-14-4-8-16(9-5-14)22-20(24)15-6-10-18(11-7-15)29-30(27,28)19-3-1-2-17(12-19)23(25)26/h1-12H,(H,22,24). The van der Waals surface area contributed by atoms with Crippen molar-refractivity contribution in [3.8, 4) is 11.8 Å². The van der Waals surface area contributed by atoms with Crippen molar-refractivity contribution in [1.29, 1.82) is 5.26 Å². The van der Waals surface area contributed by atoms with E-state index in [9.17, 15) is 23.3 Å². The van der Waals surface area contributed by atoms with E-state index in [0.29, 0.717) is 11.3 Å². The highest BCUT2D eigenvalue weighted by Crippen LogP contribution is 2.22. The van der Waals surface area contributed by atoms with Crippen molar-refractivity contribution in [2.24, 2.45) is 0 Å². The summed E-state index contributed by atoms with van der Waals surface area (Å²) in [6, 6.07) is 18.1. The van der Waals surface area contributed by atoms with Crippen molar-refractivity contribution in [2.75, 3.05) is 5.32 Å². The molecule has 0 radical (unpaired) electrons. The first-order valence-electron chi connectivity index (χ1n) is 8.39. The molecule has 0 aromatic heterocycles. The Labute approximate surface area is 171 Å². The zero-order valence-electron chi connectivity index (χ0n) is 15.2. The van der Waals surface area contributed by atoms with Crippen molar-refractivity contribution in [2.45, 2.75) is 4.90 Å². The molecule has 0 saturated carbocycles. The molecule has 0 saturated heterocycles. The Hall–Kier alpha value is -4.23. The van der Waals surface area contributed by atoms with Gasteiger partial charge in [-0.3, -0.25) is 14.9 Å². The molecule has 9 nitrogen and oxygen atoms in total. The lowest BCUT2D eigenvalue weighted by atomic mass is 10.2. The predicted molar refractivity (Wildman–Crippen MR) is 106 cm³/mol. The number of carbonyl (C=O) groups is 1. The summed E-state index contributed by atoms with van der Waals surface area (Å²) >= 11 is 0. The molecular weight excluding hydrogens is 410 g/mol. The lowest BCUT2D eigenvalue weighted by Gasteiger charge is -2.08. The number of nitrogens with zero attached hydrogens (tertiary/aromatic N) is 2. The van der Waals surface area contributed by atoms with Crippen LogP contribution in [0.4, 0.5) is 11.4 Å². The molecule has 0 fully saturated rings. The largest absolute Gasteiger partial charge is 0.379 e. The monoisotopic (exact) mass is 423 g/mol. The molecule has 150 valence electrons. The maximum Gasteiger partial charge on any atom is 0.339 e. The number of nitriles is 1. The van der Waals surface area contributed by atoms with Crippen LogP contribution < -0.4 is 9.50 Å². The summed E-state index contributed by atoms with van der Waals surface area (Å²) in [5.41, 5.74) is 0.820. The number of hydrogen-bond donors (Lipinski definition) is 1. The van der Waals surface area contributed by atoms with E-state index in [0.717, 1.165) is 6.07 Å². The molecule has 0 unspecified atom stereocenters. The fourth-order valence-electron chi connectivity index (χ4n) is 2.42. The van der Waals surface area contributed by atoms with Gasteiger partial charge in [-0.25, -0.2) is 0 Å². The summed E-state index contributed by atoms with van der Waals surface area (Å²) in [5, 5.41) is 22.3. The Bertz CT molecular complexity index is 1250. The Morgan fingerprint density at radius 2 is 1.70 bits per heavy atom. The lowest BCUT2D eigenvalue weighted by Crippen LogP contribution is -2.12. The second-order valence-corrected chi connectivity index (χ2v) is 7.51. The van der Waals surface area contributed by atoms with E-state index in [2.05, 4.69) is 5.32 Å². The molecule has 1 amide bonds. The van der Waals surface area contributed by atoms with Crippen molar-refractivity contribution in [1.82, 2.24) is 0 Å². The SMILES string of the molecule is N#Cc1ccc(NC(=O)c2ccc(OS(=O)(=O)c3cccc([N+](=O)[O-])c3)cc2)cc1. The zero-order chi connectivity index (χ0) is 21.7. The highest BCUT2D eigenvalue weighted by Gasteiger charge is 2.20. The van der Waals surface area contributed by atoms with E-state index in [-0.39, 0.29) is 21.9 Å². The second-order valence-electron chi connectivity index (χ2n) is 5.96. The summed E-state index contributed by atoms with van der Waals surface area (Å²) < 4.78 is 29.7. The van der Waals surface area contributed by atoms with Crippen molar-refractivity contribution < 1.29 is 22.3 Å². The number of nitro groups is 1. The molecule has 0 spiro atoms. The molecule has 0 atom stereocenters. The van der Waals surface area contributed by atoms with Crippen LogP contribution in [0.1, 0.15) is 15.9 Å². The van der Waals surface area contributed by atoms with Gasteiger partial charge in [0, 0.05) is 23.4 Å². The van der Waals surface area contributed by atoms with Gasteiger partial charge in [-0.2, -0.15) is 13.7 Å². The van der Waals surface area contributed by atoms with E-state index in [1.165, 1.54) is 42.5 Å². The summed E-state index contributed by atoms with van der Waals surface area (Å²) in [7, 11) is -4.29. The van der Waals surface area contributed by atoms with Crippen LogP contribution in [0.3, 0.4) is 0 Å². The summed E-state index contributed by atoms with van der Waals surface area (Å²) in [5.74, 6) is -0.496. The Kier molecular flexibility index (Phi) is 5.75. The van der Waals surface area contributed by atoms with Gasteiger partial charge in [0.1, 0.15) is 10.6 Å². The third-order valence-electron chi connectivity index (χ3n) is 3.91. The van der Waals surface area contributed by atoms with Gasteiger partial charge >= 0.3 is 10.1 Å². The number of nitrogens with one attached hydrogen (secondary N) is 1. The van der Waals surface area contributed by atoms with Gasteiger partial charge in [0.05, 0.1) is 16.6 Å². The number of anilines is 1. The second kappa shape index (κ2) is 8.42. The first-order chi connectivity index (χ1) is 14.3. The Morgan fingerprint density at radius 1 is 1.03 bits per heavy atom. The van der Waals surface area contributed by atoms with Crippen molar-refractivity contribution in [3.63, 3.8) is 0 Å². The average molecular weight is 423 g/mol. The highest BCUT2D eigenvalue weighted by atomic mass is 32.2. The van der Waals surface area contributed by atoms with Gasteiger partial charge in [0.2, 0.25) is 0 Å². The number of nitro benzene ring substituents is 1. The molecular formula is C20H13N3O6S. The quantitative estimate of drug-likeness (QED) is 0.364. The predicted octanol–water partition coefficient (Wildman–Crippen LogP) is 3.49. The first kappa shape index (κ1) is 20.5. The average Bonchev–Trinajstić information content (AvgIpc) is 2.74. The van der Waals surface area contributed by atoms with Crippen LogP contribution in [-0.2, 0) is 10.1 Å². The number of benzene rings is 3. The molecule has 0 aliphatic carbocycles. The third-order valence-corrected chi connectivity index (χ3v) is 5.15. The maximum atomic E-state index is 12.3. The van der Waals surface area contributed by atoms with Crippen LogP contribution >= 0.6 is 0 Å². The van der Waals surface area contributed by atoms with E-state index >= 15 is 0 Å². The molecule has 10 heteroatoms. The maximum absolute atomic E-state index is 12.3. The van der Waals surface area contributed by atoms with Crippen LogP contribution in [-0.4, -0.2) is 19.2 Å². The van der Waals surface area contributed by atoms with E-state index in [1.807, 2.05) is 6.07 Å². The minimum absolute atomic E-state index is 0.0589. The van der Waals surface area contributed by atoms with Crippen LogP contribution in [0, 0.1) is 21.4 Å². The minimum atomic E-state index is -4.29. The number of hydrogen-bond acceptors (Lipinski definition) is 7. The van der Waals surface area contributed by atoms with Crippen LogP contribution in [0.2, 0.25) is 0 Å². The fourth-order valence-corrected chi connectivity index (χ4v) is 3.39. The number of amides is 1. The van der Waals surface area contributed by atoms with Gasteiger partial charge in [0.15, 0.2) is 0 Å². The fraction of sp³-hybridized carbons (Fsp3) is 0. The third kappa shape index (κ3) is 4.78. The van der Waals surface area contributed by atoms with Crippen LogP contribution in [0.15, 0.2) is 77.7 Å². The van der Waals surface area contributed by atoms with E-state index < -0.39 is 20.9 Å². The van der Waals surface area contributed by atoms with E-state index in [4.69, 9.17) is 9.44 Å². The first-order valence-corrected chi connectivity index (χ1v) is 9.80. The highest BCUT2D eigenvalue weighted by molar-refractivity contribution is 7.87. The summed E-state index contributed by atoms with van der Waals surface area (Å²) in [6.07, 6.45) is 0. The van der Waals surface area contributed by atoms with Gasteiger partial charge < -0.3 is 9.50 Å². The smallest absolute Gasteiger partial charge is 0.339 e. The zero-order valence-corrected chi connectivity index (χ0v) is 16.0.